The molecule has 1 aliphatic rings. The maximum Gasteiger partial charge on any atom is 0.327 e. The average Bonchev–Trinajstić information content (AvgIpc) is 3.24. The topological polar surface area (TPSA) is 93.2 Å². The molecule has 0 spiro atoms. The fourth-order valence-corrected chi connectivity index (χ4v) is 2.16. The van der Waals surface area contributed by atoms with Gasteiger partial charge in [-0.1, -0.05) is 0 Å². The lowest BCUT2D eigenvalue weighted by Crippen LogP contribution is -2.15. The monoisotopic (exact) mass is 278 g/mol. The lowest BCUT2D eigenvalue weighted by Gasteiger charge is -2.11. The molecular weight excluding hydrogens is 267 g/mol. The van der Waals surface area contributed by atoms with Crippen molar-refractivity contribution in [3.8, 4) is 6.07 Å². The molecule has 1 fully saturated rings. The van der Waals surface area contributed by atoms with E-state index < -0.39 is 28.3 Å². The third-order valence-electron chi connectivity index (χ3n) is 3.24. The second kappa shape index (κ2) is 5.25. The number of carbonyl (C=O) groups is 1. The average molecular weight is 278 g/mol. The molecule has 0 bridgehead atoms. The molecule has 0 N–H and O–H groups in total. The van der Waals surface area contributed by atoms with E-state index >= 15 is 0 Å². The van der Waals surface area contributed by atoms with E-state index in [0.717, 1.165) is 19.2 Å². The third-order valence-corrected chi connectivity index (χ3v) is 3.24. The largest absolute Gasteiger partial charge is 0.468 e. The molecule has 1 atom stereocenters. The van der Waals surface area contributed by atoms with Gasteiger partial charge < -0.3 is 4.74 Å². The number of halogens is 1. The van der Waals surface area contributed by atoms with E-state index in [0.29, 0.717) is 12.8 Å². The van der Waals surface area contributed by atoms with Crippen LogP contribution in [0.3, 0.4) is 0 Å². The SMILES string of the molecule is COC(=O)C(C#N)c1ccc(F)c(C2CC2)c1[N+](=O)[O-]. The number of hydrogen-bond donors (Lipinski definition) is 0. The first-order chi connectivity index (χ1) is 9.51. The Hall–Kier alpha value is -2.49. The summed E-state index contributed by atoms with van der Waals surface area (Å²) in [5.41, 5.74) is -0.617. The van der Waals surface area contributed by atoms with Gasteiger partial charge in [-0.15, -0.1) is 0 Å². The summed E-state index contributed by atoms with van der Waals surface area (Å²) in [4.78, 5) is 22.0. The van der Waals surface area contributed by atoms with Crippen LogP contribution in [0.5, 0.6) is 0 Å². The van der Waals surface area contributed by atoms with Crippen LogP contribution in [0.4, 0.5) is 10.1 Å². The first kappa shape index (κ1) is 13.9. The minimum absolute atomic E-state index is 0.0170. The fraction of sp³-hybridized carbons (Fsp3) is 0.385. The highest BCUT2D eigenvalue weighted by Gasteiger charge is 2.39. The molecular formula is C13H11FN2O4. The van der Waals surface area contributed by atoms with Crippen molar-refractivity contribution in [2.75, 3.05) is 7.11 Å². The Kier molecular flexibility index (Phi) is 3.66. The highest BCUT2D eigenvalue weighted by molar-refractivity contribution is 5.83. The molecule has 0 radical (unpaired) electrons. The van der Waals surface area contributed by atoms with Gasteiger partial charge in [-0.25, -0.2) is 4.39 Å². The summed E-state index contributed by atoms with van der Waals surface area (Å²) in [6.07, 6.45) is 1.33. The fourth-order valence-electron chi connectivity index (χ4n) is 2.16. The number of benzene rings is 1. The van der Waals surface area contributed by atoms with E-state index in [-0.39, 0.29) is 17.0 Å². The van der Waals surface area contributed by atoms with E-state index in [1.165, 1.54) is 0 Å². The van der Waals surface area contributed by atoms with E-state index in [4.69, 9.17) is 5.26 Å². The van der Waals surface area contributed by atoms with Gasteiger partial charge in [0.05, 0.1) is 29.2 Å². The molecule has 0 aromatic heterocycles. The Bertz CT molecular complexity index is 620. The number of methoxy groups -OCH3 is 1. The van der Waals surface area contributed by atoms with Gasteiger partial charge in [-0.3, -0.25) is 14.9 Å². The summed E-state index contributed by atoms with van der Waals surface area (Å²) in [7, 11) is 1.09. The van der Waals surface area contributed by atoms with Crippen LogP contribution in [0, 0.1) is 27.3 Å². The molecule has 2 rings (SSSR count). The third kappa shape index (κ3) is 2.32. The quantitative estimate of drug-likeness (QED) is 0.479. The molecule has 20 heavy (non-hydrogen) atoms. The zero-order valence-corrected chi connectivity index (χ0v) is 10.6. The highest BCUT2D eigenvalue weighted by atomic mass is 19.1. The van der Waals surface area contributed by atoms with Gasteiger partial charge in [-0.05, 0) is 30.9 Å². The van der Waals surface area contributed by atoms with E-state index in [1.807, 2.05) is 0 Å². The summed E-state index contributed by atoms with van der Waals surface area (Å²) in [5.74, 6) is -3.22. The Balaban J connectivity index is 2.64. The number of nitro benzene ring substituents is 1. The van der Waals surface area contributed by atoms with E-state index in [9.17, 15) is 19.3 Å². The van der Waals surface area contributed by atoms with Crippen molar-refractivity contribution in [3.63, 3.8) is 0 Å². The van der Waals surface area contributed by atoms with Crippen LogP contribution in [0.15, 0.2) is 12.1 Å². The summed E-state index contributed by atoms with van der Waals surface area (Å²) in [5, 5.41) is 20.3. The number of nitriles is 1. The normalized spacial score (nSPS) is 15.2. The predicted octanol–water partition coefficient (Wildman–Crippen LogP) is 2.39. The van der Waals surface area contributed by atoms with Crippen molar-refractivity contribution >= 4 is 11.7 Å². The summed E-state index contributed by atoms with van der Waals surface area (Å²) in [6, 6.07) is 3.83. The van der Waals surface area contributed by atoms with Crippen LogP contribution in [-0.2, 0) is 9.53 Å². The molecule has 0 saturated heterocycles. The van der Waals surface area contributed by atoms with Crippen molar-refractivity contribution < 1.29 is 18.8 Å². The van der Waals surface area contributed by atoms with E-state index in [2.05, 4.69) is 4.74 Å². The van der Waals surface area contributed by atoms with Crippen LogP contribution < -0.4 is 0 Å². The Morgan fingerprint density at radius 3 is 2.70 bits per heavy atom. The number of nitrogens with zero attached hydrogens (tertiary/aromatic N) is 2. The summed E-state index contributed by atoms with van der Waals surface area (Å²) < 4.78 is 18.3. The van der Waals surface area contributed by atoms with Gasteiger partial charge in [0.15, 0.2) is 5.92 Å². The Labute approximate surface area is 113 Å². The standard InChI is InChI=1S/C13H11FN2O4/c1-20-13(17)9(6-15)8-4-5-10(14)11(7-2-3-7)12(8)16(18)19/h4-5,7,9H,2-3H2,1H3. The zero-order valence-electron chi connectivity index (χ0n) is 10.6. The molecule has 1 unspecified atom stereocenters. The van der Waals surface area contributed by atoms with Crippen LogP contribution in [-0.4, -0.2) is 18.0 Å². The molecule has 0 aliphatic heterocycles. The van der Waals surface area contributed by atoms with Crippen LogP contribution in [0.2, 0.25) is 0 Å². The maximum absolute atomic E-state index is 13.8. The van der Waals surface area contributed by atoms with Crippen LogP contribution >= 0.6 is 0 Å². The van der Waals surface area contributed by atoms with Gasteiger partial charge in [0.2, 0.25) is 0 Å². The molecule has 1 aromatic rings. The number of ether oxygens (including phenoxy) is 1. The van der Waals surface area contributed by atoms with Crippen LogP contribution in [0.25, 0.3) is 0 Å². The molecule has 0 amide bonds. The second-order valence-electron chi connectivity index (χ2n) is 4.52. The van der Waals surface area contributed by atoms with Crippen molar-refractivity contribution in [1.29, 1.82) is 5.26 Å². The van der Waals surface area contributed by atoms with Gasteiger partial charge in [-0.2, -0.15) is 5.26 Å². The first-order valence-electron chi connectivity index (χ1n) is 5.95. The molecule has 1 aliphatic carbocycles. The minimum atomic E-state index is -1.43. The van der Waals surface area contributed by atoms with Crippen molar-refractivity contribution in [1.82, 2.24) is 0 Å². The molecule has 6 nitrogen and oxygen atoms in total. The van der Waals surface area contributed by atoms with E-state index in [1.54, 1.807) is 6.07 Å². The highest BCUT2D eigenvalue weighted by Crippen LogP contribution is 2.47. The van der Waals surface area contributed by atoms with Crippen molar-refractivity contribution in [2.24, 2.45) is 0 Å². The molecule has 0 heterocycles. The van der Waals surface area contributed by atoms with Gasteiger partial charge in [0, 0.05) is 0 Å². The molecule has 104 valence electrons. The Morgan fingerprint density at radius 2 is 2.25 bits per heavy atom. The summed E-state index contributed by atoms with van der Waals surface area (Å²) >= 11 is 0. The minimum Gasteiger partial charge on any atom is -0.468 e. The number of nitro groups is 1. The smallest absolute Gasteiger partial charge is 0.327 e. The van der Waals surface area contributed by atoms with Gasteiger partial charge >= 0.3 is 5.97 Å². The maximum atomic E-state index is 13.8. The molecule has 7 heteroatoms. The predicted molar refractivity (Wildman–Crippen MR) is 65.4 cm³/mol. The number of esters is 1. The number of rotatable bonds is 4. The Morgan fingerprint density at radius 1 is 1.60 bits per heavy atom. The lowest BCUT2D eigenvalue weighted by molar-refractivity contribution is -0.386. The van der Waals surface area contributed by atoms with Crippen molar-refractivity contribution in [3.05, 3.63) is 39.2 Å². The number of carbonyl (C=O) groups excluding carboxylic acids is 1. The number of hydrogen-bond acceptors (Lipinski definition) is 5. The van der Waals surface area contributed by atoms with Crippen LogP contribution in [0.1, 0.15) is 35.8 Å². The molecule has 1 saturated carbocycles. The van der Waals surface area contributed by atoms with Crippen molar-refractivity contribution in [2.45, 2.75) is 24.7 Å². The lowest BCUT2D eigenvalue weighted by atomic mass is 9.94. The first-order valence-corrected chi connectivity index (χ1v) is 5.95. The molecule has 1 aromatic carbocycles. The second-order valence-corrected chi connectivity index (χ2v) is 4.52. The summed E-state index contributed by atoms with van der Waals surface area (Å²) in [6.45, 7) is 0. The zero-order chi connectivity index (χ0) is 14.9. The van der Waals surface area contributed by atoms with Gasteiger partial charge in [0.25, 0.3) is 5.69 Å². The van der Waals surface area contributed by atoms with Gasteiger partial charge in [0.1, 0.15) is 5.82 Å².